The third kappa shape index (κ3) is 3.74. The first-order valence-electron chi connectivity index (χ1n) is 9.99. The van der Waals surface area contributed by atoms with Crippen molar-refractivity contribution in [2.24, 2.45) is 0 Å². The Balaban J connectivity index is 1.63. The molecule has 0 unspecified atom stereocenters. The van der Waals surface area contributed by atoms with Crippen molar-refractivity contribution >= 4 is 21.6 Å². The van der Waals surface area contributed by atoms with Gasteiger partial charge in [-0.05, 0) is 37.6 Å². The molecule has 0 fully saturated rings. The van der Waals surface area contributed by atoms with Crippen molar-refractivity contribution < 1.29 is 17.9 Å². The molecule has 0 saturated carbocycles. The molecule has 2 atom stereocenters. The number of carbonyl (C=O) groups is 1. The van der Waals surface area contributed by atoms with Gasteiger partial charge in [-0.15, -0.1) is 4.83 Å². The smallest absolute Gasteiger partial charge is 0.265 e. The van der Waals surface area contributed by atoms with E-state index < -0.39 is 15.6 Å². The number of rotatable bonds is 6. The molecule has 1 spiro atoms. The predicted molar refractivity (Wildman–Crippen MR) is 114 cm³/mol. The summed E-state index contributed by atoms with van der Waals surface area (Å²) in [5.41, 5.74) is 4.57. The molecule has 2 aromatic rings. The molecule has 3 N–H and O–H groups in total. The number of sulfonamides is 1. The number of hydrazine groups is 1. The Morgan fingerprint density at radius 2 is 1.90 bits per heavy atom. The highest BCUT2D eigenvalue weighted by Gasteiger charge is 2.50. The summed E-state index contributed by atoms with van der Waals surface area (Å²) in [4.78, 5) is 15.5. The van der Waals surface area contributed by atoms with E-state index in [1.165, 1.54) is 0 Å². The molecule has 8 heteroatoms. The first-order chi connectivity index (χ1) is 14.3. The Labute approximate surface area is 176 Å². The Bertz CT molecular complexity index is 1100. The number of hydrogen-bond acceptors (Lipinski definition) is 5. The first kappa shape index (κ1) is 20.6. The Morgan fingerprint density at radius 1 is 1.17 bits per heavy atom. The predicted octanol–water partition coefficient (Wildman–Crippen LogP) is 3.10. The largest absolute Gasteiger partial charge is 0.352 e. The number of anilines is 1. The van der Waals surface area contributed by atoms with Crippen molar-refractivity contribution in [3.05, 3.63) is 71.4 Å². The van der Waals surface area contributed by atoms with E-state index in [0.29, 0.717) is 17.8 Å². The molecule has 2 aromatic carbocycles. The van der Waals surface area contributed by atoms with Crippen LogP contribution in [0.1, 0.15) is 37.3 Å². The summed E-state index contributed by atoms with van der Waals surface area (Å²) >= 11 is 0. The lowest BCUT2D eigenvalue weighted by molar-refractivity contribution is -0.144. The van der Waals surface area contributed by atoms with E-state index in [0.717, 1.165) is 24.0 Å². The summed E-state index contributed by atoms with van der Waals surface area (Å²) in [6.07, 6.45) is 3.57. The first-order valence-corrected chi connectivity index (χ1v) is 11.5. The molecular formula is C22H25N3O4S. The van der Waals surface area contributed by atoms with E-state index in [4.69, 9.17) is 4.74 Å². The fourth-order valence-corrected chi connectivity index (χ4v) is 4.76. The number of carbonyl (C=O) groups excluding carboxylic acids is 1. The third-order valence-electron chi connectivity index (χ3n) is 5.38. The minimum atomic E-state index is -3.76. The van der Waals surface area contributed by atoms with Gasteiger partial charge >= 0.3 is 0 Å². The van der Waals surface area contributed by atoms with Crippen molar-refractivity contribution in [1.29, 1.82) is 0 Å². The molecule has 7 nitrogen and oxygen atoms in total. The maximum absolute atomic E-state index is 12.9. The summed E-state index contributed by atoms with van der Waals surface area (Å²) < 4.78 is 31.6. The number of para-hydroxylation sites is 1. The highest BCUT2D eigenvalue weighted by atomic mass is 32.2. The zero-order valence-electron chi connectivity index (χ0n) is 16.9. The van der Waals surface area contributed by atoms with Crippen molar-refractivity contribution in [1.82, 2.24) is 10.3 Å². The van der Waals surface area contributed by atoms with Crippen molar-refractivity contribution in [2.45, 2.75) is 49.7 Å². The van der Waals surface area contributed by atoms with E-state index in [1.54, 1.807) is 30.3 Å². The number of nitrogens with one attached hydrogen (secondary N) is 3. The lowest BCUT2D eigenvalue weighted by Gasteiger charge is -2.36. The zero-order chi connectivity index (χ0) is 21.4. The fourth-order valence-electron chi connectivity index (χ4n) is 3.88. The van der Waals surface area contributed by atoms with Crippen LogP contribution in [0.4, 0.5) is 5.69 Å². The summed E-state index contributed by atoms with van der Waals surface area (Å²) in [6, 6.07) is 14.0. The van der Waals surface area contributed by atoms with E-state index >= 15 is 0 Å². The lowest BCUT2D eigenvalue weighted by atomic mass is 9.89. The van der Waals surface area contributed by atoms with Crippen LogP contribution in [-0.4, -0.2) is 20.4 Å². The van der Waals surface area contributed by atoms with Crippen LogP contribution >= 0.6 is 0 Å². The summed E-state index contributed by atoms with van der Waals surface area (Å²) in [6.45, 7) is 3.94. The number of aryl methyl sites for hydroxylation is 1. The minimum Gasteiger partial charge on any atom is -0.352 e. The van der Waals surface area contributed by atoms with Crippen LogP contribution in [0.3, 0.4) is 0 Å². The molecule has 158 valence electrons. The van der Waals surface area contributed by atoms with Crippen LogP contribution in [0.15, 0.2) is 65.2 Å². The monoisotopic (exact) mass is 427 g/mol. The van der Waals surface area contributed by atoms with Crippen LogP contribution in [0.2, 0.25) is 0 Å². The molecule has 2 aliphatic heterocycles. The molecule has 2 heterocycles. The molecule has 0 bridgehead atoms. The summed E-state index contributed by atoms with van der Waals surface area (Å²) in [5.74, 6) is -0.273. The van der Waals surface area contributed by atoms with Gasteiger partial charge in [0.25, 0.3) is 15.9 Å². The maximum atomic E-state index is 12.9. The van der Waals surface area contributed by atoms with Gasteiger partial charge in [0.05, 0.1) is 11.0 Å². The number of fused-ring (bicyclic) bond motifs is 2. The molecule has 0 aromatic heterocycles. The second-order valence-corrected chi connectivity index (χ2v) is 9.36. The minimum absolute atomic E-state index is 0.164. The molecule has 2 aliphatic rings. The van der Waals surface area contributed by atoms with Crippen molar-refractivity contribution in [3.8, 4) is 0 Å². The zero-order valence-corrected chi connectivity index (χ0v) is 17.8. The summed E-state index contributed by atoms with van der Waals surface area (Å²) in [7, 11) is -3.76. The second-order valence-electron chi connectivity index (χ2n) is 7.68. The van der Waals surface area contributed by atoms with E-state index in [9.17, 15) is 13.2 Å². The fraction of sp³-hybridized carbons (Fsp3) is 0.318. The molecule has 0 radical (unpaired) electrons. The van der Waals surface area contributed by atoms with E-state index in [-0.39, 0.29) is 16.9 Å². The van der Waals surface area contributed by atoms with Crippen molar-refractivity contribution in [2.75, 3.05) is 5.32 Å². The van der Waals surface area contributed by atoms with Crippen LogP contribution in [0, 0.1) is 6.92 Å². The maximum Gasteiger partial charge on any atom is 0.265 e. The molecule has 0 saturated heterocycles. The Hall–Kier alpha value is -2.68. The molecule has 0 aliphatic carbocycles. The van der Waals surface area contributed by atoms with Gasteiger partial charge in [-0.25, -0.2) is 8.42 Å². The number of amides is 1. The normalized spacial score (nSPS) is 23.1. The number of benzene rings is 2. The highest BCUT2D eigenvalue weighted by Crippen LogP contribution is 2.44. The average molecular weight is 428 g/mol. The van der Waals surface area contributed by atoms with Gasteiger partial charge in [0, 0.05) is 23.4 Å². The van der Waals surface area contributed by atoms with Crippen LogP contribution in [0.25, 0.3) is 0 Å². The SMILES string of the molecule is CCC[C@@H]1CC(NNS(=O)(=O)c2ccc(C)cc2)=C[C@@]2(O1)C(=O)Nc1ccccc12. The van der Waals surface area contributed by atoms with Crippen LogP contribution < -0.4 is 15.6 Å². The standard InChI is InChI=1S/C22H25N3O4S/c1-3-6-17-13-16(24-25-30(27,28)18-11-9-15(2)10-12-18)14-22(29-17)19-7-4-5-8-20(19)23-21(22)26/h4-5,7-12,14,17,24-25H,3,6,13H2,1-2H3,(H,23,26)/t17-,22+/m1/s1. The van der Waals surface area contributed by atoms with Gasteiger partial charge in [-0.3, -0.25) is 4.79 Å². The number of ether oxygens (including phenoxy) is 1. The van der Waals surface area contributed by atoms with Gasteiger partial charge in [0.15, 0.2) is 5.60 Å². The van der Waals surface area contributed by atoms with Gasteiger partial charge < -0.3 is 15.5 Å². The summed E-state index contributed by atoms with van der Waals surface area (Å²) in [5, 5.41) is 2.87. The molecule has 1 amide bonds. The number of hydrogen-bond donors (Lipinski definition) is 3. The highest BCUT2D eigenvalue weighted by molar-refractivity contribution is 7.89. The van der Waals surface area contributed by atoms with Crippen LogP contribution in [0.5, 0.6) is 0 Å². The van der Waals surface area contributed by atoms with E-state index in [2.05, 4.69) is 15.6 Å². The van der Waals surface area contributed by atoms with E-state index in [1.807, 2.05) is 38.1 Å². The topological polar surface area (TPSA) is 96.5 Å². The molecular weight excluding hydrogens is 402 g/mol. The molecule has 30 heavy (non-hydrogen) atoms. The second kappa shape index (κ2) is 7.86. The Kier molecular flexibility index (Phi) is 5.40. The van der Waals surface area contributed by atoms with Gasteiger partial charge in [-0.2, -0.15) is 0 Å². The van der Waals surface area contributed by atoms with Crippen LogP contribution in [-0.2, 0) is 25.2 Å². The molecule has 4 rings (SSSR count). The average Bonchev–Trinajstić information content (AvgIpc) is 2.98. The van der Waals surface area contributed by atoms with Gasteiger partial charge in [0.1, 0.15) is 0 Å². The lowest BCUT2D eigenvalue weighted by Crippen LogP contribution is -2.46. The van der Waals surface area contributed by atoms with Gasteiger partial charge in [0.2, 0.25) is 0 Å². The van der Waals surface area contributed by atoms with Gasteiger partial charge in [-0.1, -0.05) is 49.2 Å². The van der Waals surface area contributed by atoms with Crippen molar-refractivity contribution in [3.63, 3.8) is 0 Å². The Morgan fingerprint density at radius 3 is 2.63 bits per heavy atom. The quantitative estimate of drug-likeness (QED) is 0.616. The third-order valence-corrected chi connectivity index (χ3v) is 6.64.